The lowest BCUT2D eigenvalue weighted by molar-refractivity contribution is 0.103. The van der Waals surface area contributed by atoms with E-state index < -0.39 is 15.6 Å². The second-order valence-electron chi connectivity index (χ2n) is 7.21. The molecule has 0 unspecified atom stereocenters. The van der Waals surface area contributed by atoms with Gasteiger partial charge in [0.1, 0.15) is 11.5 Å². The predicted molar refractivity (Wildman–Crippen MR) is 126 cm³/mol. The maximum Gasteiger partial charge on any atom is 0.208 e. The van der Waals surface area contributed by atoms with Crippen molar-refractivity contribution in [3.63, 3.8) is 0 Å². The molecule has 3 aromatic carbocycles. The minimum Gasteiger partial charge on any atom is -0.494 e. The molecule has 0 N–H and O–H groups in total. The topological polar surface area (TPSA) is 82.6 Å². The lowest BCUT2D eigenvalue weighted by Gasteiger charge is -2.14. The number of ether oxygens (including phenoxy) is 2. The molecule has 0 saturated carbocycles. The van der Waals surface area contributed by atoms with E-state index in [0.29, 0.717) is 41.2 Å². The van der Waals surface area contributed by atoms with Gasteiger partial charge in [0, 0.05) is 17.1 Å². The number of sulfone groups is 1. The number of benzene rings is 3. The number of nitrogens with zero attached hydrogens (tertiary/aromatic N) is 1. The average molecular weight is 462 g/mol. The molecule has 0 amide bonds. The van der Waals surface area contributed by atoms with Crippen molar-refractivity contribution >= 4 is 26.5 Å². The summed E-state index contributed by atoms with van der Waals surface area (Å²) in [5, 5.41) is 0.392. The van der Waals surface area contributed by atoms with E-state index in [1.165, 1.54) is 18.3 Å². The second-order valence-corrected chi connectivity index (χ2v) is 9.10. The van der Waals surface area contributed by atoms with Crippen LogP contribution in [-0.2, 0) is 9.84 Å². The van der Waals surface area contributed by atoms with Crippen molar-refractivity contribution in [1.29, 1.82) is 0 Å². The van der Waals surface area contributed by atoms with Gasteiger partial charge in [0.05, 0.1) is 34.1 Å². The Labute approximate surface area is 192 Å². The van der Waals surface area contributed by atoms with Crippen LogP contribution < -0.4 is 9.47 Å². The maximum atomic E-state index is 13.8. The molecule has 0 aliphatic heterocycles. The van der Waals surface area contributed by atoms with E-state index in [9.17, 15) is 13.2 Å². The van der Waals surface area contributed by atoms with Gasteiger partial charge in [-0.1, -0.05) is 18.2 Å². The third-order valence-corrected chi connectivity index (χ3v) is 6.98. The van der Waals surface area contributed by atoms with Crippen molar-refractivity contribution in [2.75, 3.05) is 13.2 Å². The molecule has 0 radical (unpaired) electrons. The first-order valence-electron chi connectivity index (χ1n) is 10.6. The number of fused-ring (bicyclic) bond motifs is 1. The highest BCUT2D eigenvalue weighted by molar-refractivity contribution is 7.91. The molecule has 33 heavy (non-hydrogen) atoms. The Hall–Kier alpha value is -3.71. The van der Waals surface area contributed by atoms with Gasteiger partial charge < -0.3 is 9.47 Å². The van der Waals surface area contributed by atoms with Crippen LogP contribution in [-0.4, -0.2) is 32.4 Å². The first-order valence-corrected chi connectivity index (χ1v) is 12.1. The Balaban J connectivity index is 1.87. The van der Waals surface area contributed by atoms with Crippen molar-refractivity contribution in [3.8, 4) is 11.5 Å². The largest absolute Gasteiger partial charge is 0.494 e. The minimum atomic E-state index is -4.04. The summed E-state index contributed by atoms with van der Waals surface area (Å²) in [6.45, 7) is 4.71. The predicted octanol–water partition coefficient (Wildman–Crippen LogP) is 5.10. The third kappa shape index (κ3) is 4.45. The van der Waals surface area contributed by atoms with Crippen LogP contribution >= 0.6 is 0 Å². The molecule has 4 rings (SSSR count). The summed E-state index contributed by atoms with van der Waals surface area (Å²) in [7, 11) is -4.04. The molecule has 0 aliphatic rings. The van der Waals surface area contributed by atoms with Crippen molar-refractivity contribution < 1.29 is 22.7 Å². The number of aromatic nitrogens is 1. The number of pyridine rings is 1. The van der Waals surface area contributed by atoms with Crippen LogP contribution in [0.2, 0.25) is 0 Å². The number of hydrogen-bond acceptors (Lipinski definition) is 6. The number of para-hydroxylation sites is 1. The quantitative estimate of drug-likeness (QED) is 0.340. The van der Waals surface area contributed by atoms with Crippen molar-refractivity contribution in [2.24, 2.45) is 0 Å². The fourth-order valence-electron chi connectivity index (χ4n) is 3.59. The van der Waals surface area contributed by atoms with E-state index in [2.05, 4.69) is 4.98 Å². The van der Waals surface area contributed by atoms with Crippen LogP contribution in [0.15, 0.2) is 88.8 Å². The summed E-state index contributed by atoms with van der Waals surface area (Å²) < 4.78 is 38.4. The Bertz CT molecular complexity index is 1400. The number of rotatable bonds is 8. The molecular formula is C26H23NO5S. The van der Waals surface area contributed by atoms with Gasteiger partial charge in [0.25, 0.3) is 0 Å². The molecule has 0 bridgehead atoms. The first-order chi connectivity index (χ1) is 16.0. The summed E-state index contributed by atoms with van der Waals surface area (Å²) >= 11 is 0. The number of carbonyl (C=O) groups excluding carboxylic acids is 1. The van der Waals surface area contributed by atoms with Crippen molar-refractivity contribution in [3.05, 3.63) is 90.1 Å². The van der Waals surface area contributed by atoms with Crippen LogP contribution in [0, 0.1) is 0 Å². The molecule has 6 nitrogen and oxygen atoms in total. The van der Waals surface area contributed by atoms with Crippen molar-refractivity contribution in [2.45, 2.75) is 23.6 Å². The monoisotopic (exact) mass is 461 g/mol. The Morgan fingerprint density at radius 1 is 0.818 bits per heavy atom. The highest BCUT2D eigenvalue weighted by Gasteiger charge is 2.28. The lowest BCUT2D eigenvalue weighted by atomic mass is 10.0. The third-order valence-electron chi connectivity index (χ3n) is 5.11. The summed E-state index contributed by atoms with van der Waals surface area (Å²) in [4.78, 5) is 17.8. The zero-order valence-corrected chi connectivity index (χ0v) is 19.1. The van der Waals surface area contributed by atoms with Gasteiger partial charge in [0.15, 0.2) is 5.78 Å². The second kappa shape index (κ2) is 9.42. The SMILES string of the molecule is CCOc1ccc(C(=O)c2cnc3ccccc3c2S(=O)(=O)c2ccc(OCC)cc2)cc1. The fraction of sp³-hybridized carbons (Fsp3) is 0.154. The molecule has 7 heteroatoms. The lowest BCUT2D eigenvalue weighted by Crippen LogP contribution is -2.12. The van der Waals surface area contributed by atoms with Gasteiger partial charge in [-0.25, -0.2) is 8.42 Å². The van der Waals surface area contributed by atoms with Gasteiger partial charge in [-0.3, -0.25) is 9.78 Å². The first kappa shape index (κ1) is 22.5. The molecule has 1 heterocycles. The fourth-order valence-corrected chi connectivity index (χ4v) is 5.22. The van der Waals surface area contributed by atoms with Crippen LogP contribution in [0.4, 0.5) is 0 Å². The normalized spacial score (nSPS) is 11.3. The minimum absolute atomic E-state index is 0.0201. The molecule has 0 fully saturated rings. The van der Waals surface area contributed by atoms with E-state index in [0.717, 1.165) is 0 Å². The van der Waals surface area contributed by atoms with Crippen LogP contribution in [0.25, 0.3) is 10.9 Å². The van der Waals surface area contributed by atoms with E-state index >= 15 is 0 Å². The smallest absolute Gasteiger partial charge is 0.208 e. The molecule has 0 spiro atoms. The highest BCUT2D eigenvalue weighted by atomic mass is 32.2. The highest BCUT2D eigenvalue weighted by Crippen LogP contribution is 2.32. The van der Waals surface area contributed by atoms with Crippen LogP contribution in [0.1, 0.15) is 29.8 Å². The summed E-state index contributed by atoms with van der Waals surface area (Å²) in [5.41, 5.74) is 0.857. The van der Waals surface area contributed by atoms with E-state index in [-0.39, 0.29) is 15.4 Å². The molecule has 0 aliphatic carbocycles. The van der Waals surface area contributed by atoms with Crippen LogP contribution in [0.5, 0.6) is 11.5 Å². The van der Waals surface area contributed by atoms with Crippen molar-refractivity contribution in [1.82, 2.24) is 4.98 Å². The summed E-state index contributed by atoms with van der Waals surface area (Å²) in [5.74, 6) is 0.774. The molecule has 1 aromatic heterocycles. The van der Waals surface area contributed by atoms with Gasteiger partial charge in [-0.05, 0) is 68.4 Å². The van der Waals surface area contributed by atoms with Gasteiger partial charge in [-0.15, -0.1) is 0 Å². The number of ketones is 1. The van der Waals surface area contributed by atoms with E-state index in [1.807, 2.05) is 13.8 Å². The molecule has 0 atom stereocenters. The zero-order valence-electron chi connectivity index (χ0n) is 18.3. The molecule has 4 aromatic rings. The Morgan fingerprint density at radius 2 is 1.39 bits per heavy atom. The molecule has 0 saturated heterocycles. The number of hydrogen-bond donors (Lipinski definition) is 0. The van der Waals surface area contributed by atoms with Gasteiger partial charge in [-0.2, -0.15) is 0 Å². The molecule has 168 valence electrons. The summed E-state index contributed by atoms with van der Waals surface area (Å²) in [6, 6.07) is 19.7. The maximum absolute atomic E-state index is 13.8. The Morgan fingerprint density at radius 3 is 2.00 bits per heavy atom. The summed E-state index contributed by atoms with van der Waals surface area (Å²) in [6.07, 6.45) is 1.34. The average Bonchev–Trinajstić information content (AvgIpc) is 2.84. The number of carbonyl (C=O) groups is 1. The van der Waals surface area contributed by atoms with E-state index in [1.54, 1.807) is 60.7 Å². The van der Waals surface area contributed by atoms with Crippen LogP contribution in [0.3, 0.4) is 0 Å². The standard InChI is InChI=1S/C26H23NO5S/c1-3-31-19-11-9-18(10-12-19)25(28)23-17-27-24-8-6-5-7-22(24)26(23)33(29,30)21-15-13-20(14-16-21)32-4-2/h5-17H,3-4H2,1-2H3. The Kier molecular flexibility index (Phi) is 6.42. The molecular weight excluding hydrogens is 438 g/mol. The van der Waals surface area contributed by atoms with Gasteiger partial charge >= 0.3 is 0 Å². The van der Waals surface area contributed by atoms with E-state index in [4.69, 9.17) is 9.47 Å². The van der Waals surface area contributed by atoms with Gasteiger partial charge in [0.2, 0.25) is 9.84 Å². The zero-order chi connectivity index (χ0) is 23.4.